The monoisotopic (exact) mass is 502 g/mol. The largest absolute Gasteiger partial charge is 0.296 e. The highest BCUT2D eigenvalue weighted by atomic mass is 35.5. The molecule has 0 spiro atoms. The number of aryl methyl sites for hydroxylation is 1. The van der Waals surface area contributed by atoms with Crippen LogP contribution in [-0.4, -0.2) is 38.2 Å². The molecule has 1 unspecified atom stereocenters. The van der Waals surface area contributed by atoms with Crippen molar-refractivity contribution in [3.63, 3.8) is 0 Å². The fourth-order valence-electron chi connectivity index (χ4n) is 2.80. The Labute approximate surface area is 201 Å². The first-order valence-corrected chi connectivity index (χ1v) is 12.3. The van der Waals surface area contributed by atoms with Crippen LogP contribution in [0.4, 0.5) is 8.78 Å². The average molecular weight is 503 g/mol. The summed E-state index contributed by atoms with van der Waals surface area (Å²) in [7, 11) is 0.500. The predicted molar refractivity (Wildman–Crippen MR) is 132 cm³/mol. The zero-order chi connectivity index (χ0) is 24.3. The molecule has 0 aromatic carbocycles. The Hall–Kier alpha value is -1.80. The fourth-order valence-corrected chi connectivity index (χ4v) is 4.58. The summed E-state index contributed by atoms with van der Waals surface area (Å²) in [6.45, 7) is 11.1. The molecule has 0 radical (unpaired) electrons. The molecular weight excluding hydrogens is 474 g/mol. The number of nitrogens with zero attached hydrogens (tertiary/aromatic N) is 5. The summed E-state index contributed by atoms with van der Waals surface area (Å²) < 4.78 is 28.1. The lowest BCUT2D eigenvalue weighted by atomic mass is 9.79. The maximum absolute atomic E-state index is 13.5. The minimum absolute atomic E-state index is 0.305. The molecule has 0 aliphatic heterocycles. The minimum atomic E-state index is -1.19. The number of nitrogens with one attached hydrogen (secondary N) is 1. The highest BCUT2D eigenvalue weighted by molar-refractivity contribution is 7.97. The van der Waals surface area contributed by atoms with E-state index in [9.17, 15) is 14.0 Å². The summed E-state index contributed by atoms with van der Waals surface area (Å²) in [4.78, 5) is 4.53. The highest BCUT2D eigenvalue weighted by Crippen LogP contribution is 2.33. The number of imidazole rings is 1. The van der Waals surface area contributed by atoms with Crippen molar-refractivity contribution in [3.05, 3.63) is 29.1 Å². The third-order valence-corrected chi connectivity index (χ3v) is 6.58. The van der Waals surface area contributed by atoms with Crippen molar-refractivity contribution in [3.8, 4) is 16.9 Å². The fraction of sp³-hybridized carbons (Fsp3) is 0.524. The van der Waals surface area contributed by atoms with Crippen molar-refractivity contribution in [2.75, 3.05) is 12.9 Å². The lowest BCUT2D eigenvalue weighted by Gasteiger charge is -2.35. The van der Waals surface area contributed by atoms with Gasteiger partial charge in [0, 0.05) is 12.0 Å². The van der Waals surface area contributed by atoms with E-state index < -0.39 is 11.7 Å². The highest BCUT2D eigenvalue weighted by Gasteiger charge is 2.36. The normalized spacial score (nSPS) is 15.0. The van der Waals surface area contributed by atoms with E-state index in [4.69, 9.17) is 11.6 Å². The van der Waals surface area contributed by atoms with Crippen molar-refractivity contribution in [1.82, 2.24) is 24.5 Å². The minimum Gasteiger partial charge on any atom is -0.296 e. The van der Waals surface area contributed by atoms with Crippen LogP contribution in [0.1, 0.15) is 62.6 Å². The molecule has 1 saturated carbocycles. The summed E-state index contributed by atoms with van der Waals surface area (Å²) in [6, 6.07) is 2.35. The van der Waals surface area contributed by atoms with Gasteiger partial charge in [-0.25, -0.2) is 14.1 Å². The van der Waals surface area contributed by atoms with Crippen LogP contribution >= 0.6 is 34.9 Å². The Bertz CT molecular complexity index is 945. The summed E-state index contributed by atoms with van der Waals surface area (Å²) in [5.41, 5.74) is 0.980. The first-order valence-electron chi connectivity index (χ1n) is 10.1. The van der Waals surface area contributed by atoms with Gasteiger partial charge in [-0.2, -0.15) is 5.26 Å². The molecule has 32 heavy (non-hydrogen) atoms. The number of aromatic nitrogens is 4. The second-order valence-electron chi connectivity index (χ2n) is 6.55. The van der Waals surface area contributed by atoms with E-state index in [2.05, 4.69) is 32.6 Å². The molecule has 0 amide bonds. The number of rotatable bonds is 8. The lowest BCUT2D eigenvalue weighted by molar-refractivity contribution is 0.304. The molecule has 1 atom stereocenters. The second-order valence-corrected chi connectivity index (χ2v) is 8.84. The topological polar surface area (TPSA) is 79.4 Å². The van der Waals surface area contributed by atoms with E-state index in [1.54, 1.807) is 4.57 Å². The molecule has 1 fully saturated rings. The molecule has 6 nitrogen and oxygen atoms in total. The summed E-state index contributed by atoms with van der Waals surface area (Å²) in [5.74, 6) is 1.19. The van der Waals surface area contributed by atoms with Crippen molar-refractivity contribution in [2.24, 2.45) is 0 Å². The number of nitriles is 1. The summed E-state index contributed by atoms with van der Waals surface area (Å²) in [5, 5.41) is 18.4. The molecule has 0 bridgehead atoms. The zero-order valence-electron chi connectivity index (χ0n) is 19.0. The Kier molecular flexibility index (Phi) is 12.1. The Balaban J connectivity index is 0.00000121. The zero-order valence-corrected chi connectivity index (χ0v) is 21.3. The maximum atomic E-state index is 13.5. The first-order chi connectivity index (χ1) is 15.4. The maximum Gasteiger partial charge on any atom is 0.184 e. The summed E-state index contributed by atoms with van der Waals surface area (Å²) in [6.07, 6.45) is 5.44. The van der Waals surface area contributed by atoms with Gasteiger partial charge < -0.3 is 0 Å². The van der Waals surface area contributed by atoms with Gasteiger partial charge in [-0.3, -0.25) is 8.96 Å². The van der Waals surface area contributed by atoms with Gasteiger partial charge in [0.15, 0.2) is 22.0 Å². The number of halogens is 3. The van der Waals surface area contributed by atoms with E-state index in [1.165, 1.54) is 18.9 Å². The van der Waals surface area contributed by atoms with E-state index in [0.29, 0.717) is 45.2 Å². The van der Waals surface area contributed by atoms with E-state index in [-0.39, 0.29) is 0 Å². The van der Waals surface area contributed by atoms with Crippen LogP contribution in [0.3, 0.4) is 0 Å². The van der Waals surface area contributed by atoms with Crippen LogP contribution in [0.5, 0.6) is 0 Å². The summed E-state index contributed by atoms with van der Waals surface area (Å²) >= 11 is 8.83. The number of hydrogen-bond donors (Lipinski definition) is 1. The SMILES string of the molecule is C=C(Cl)c1c(C)nc(-c2nnc(C(C)F)s2)n1C=CCSNC1(C#N)CCC1.CC.CF. The van der Waals surface area contributed by atoms with Crippen molar-refractivity contribution in [1.29, 1.82) is 5.26 Å². The molecule has 1 N–H and O–H groups in total. The van der Waals surface area contributed by atoms with Crippen molar-refractivity contribution >= 4 is 46.1 Å². The lowest BCUT2D eigenvalue weighted by Crippen LogP contribution is -2.46. The van der Waals surface area contributed by atoms with Crippen molar-refractivity contribution in [2.45, 2.75) is 58.7 Å². The third kappa shape index (κ3) is 6.85. The van der Waals surface area contributed by atoms with E-state index in [1.807, 2.05) is 33.0 Å². The molecule has 2 aromatic rings. The smallest absolute Gasteiger partial charge is 0.184 e. The molecule has 3 rings (SSSR count). The number of hydrogen-bond acceptors (Lipinski definition) is 7. The molecular formula is C21H29ClF2N6S2. The average Bonchev–Trinajstić information content (AvgIpc) is 3.37. The van der Waals surface area contributed by atoms with Crippen LogP contribution in [-0.2, 0) is 0 Å². The Morgan fingerprint density at radius 1 is 1.44 bits per heavy atom. The van der Waals surface area contributed by atoms with E-state index in [0.717, 1.165) is 30.6 Å². The predicted octanol–water partition coefficient (Wildman–Crippen LogP) is 6.72. The van der Waals surface area contributed by atoms with Gasteiger partial charge in [-0.15, -0.1) is 10.2 Å². The van der Waals surface area contributed by atoms with Crippen LogP contribution in [0.25, 0.3) is 22.1 Å². The molecule has 1 aliphatic carbocycles. The quantitative estimate of drug-likeness (QED) is 0.319. The van der Waals surface area contributed by atoms with Gasteiger partial charge in [-0.05, 0) is 33.1 Å². The first kappa shape index (κ1) is 28.2. The van der Waals surface area contributed by atoms with Crippen LogP contribution in [0.2, 0.25) is 0 Å². The molecule has 11 heteroatoms. The van der Waals surface area contributed by atoms with Crippen molar-refractivity contribution < 1.29 is 8.78 Å². The van der Waals surface area contributed by atoms with Gasteiger partial charge in [0.2, 0.25) is 0 Å². The second kappa shape index (κ2) is 13.7. The molecule has 176 valence electrons. The molecule has 0 saturated heterocycles. The molecule has 2 heterocycles. The van der Waals surface area contributed by atoms with Gasteiger partial charge in [0.25, 0.3) is 0 Å². The van der Waals surface area contributed by atoms with Gasteiger partial charge in [-0.1, -0.05) is 61.4 Å². The third-order valence-electron chi connectivity index (χ3n) is 4.44. The van der Waals surface area contributed by atoms with Gasteiger partial charge in [0.1, 0.15) is 5.54 Å². The van der Waals surface area contributed by atoms with Crippen LogP contribution in [0, 0.1) is 18.3 Å². The number of alkyl halides is 2. The van der Waals surface area contributed by atoms with E-state index >= 15 is 0 Å². The van der Waals surface area contributed by atoms with Crippen LogP contribution in [0.15, 0.2) is 12.7 Å². The Morgan fingerprint density at radius 3 is 2.56 bits per heavy atom. The molecule has 2 aromatic heterocycles. The molecule has 1 aliphatic rings. The Morgan fingerprint density at radius 2 is 2.09 bits per heavy atom. The van der Waals surface area contributed by atoms with Crippen LogP contribution < -0.4 is 4.72 Å². The standard InChI is InChI=1S/C18H20ClFN6S2.C2H6.CH3F/c1-11(19)14-13(3)22-15(17-24-23-16(28-17)12(2)20)26(14)8-5-9-27-25-18(10-21)6-4-7-18;2*1-2/h5,8,12,25H,1,4,6-7,9H2,2-3H3;1-2H3;1H3. The van der Waals surface area contributed by atoms with Gasteiger partial charge in [0.05, 0.1) is 29.7 Å². The van der Waals surface area contributed by atoms with Gasteiger partial charge >= 0.3 is 0 Å².